The molecule has 1 aliphatic heterocycles. The van der Waals surface area contributed by atoms with E-state index in [2.05, 4.69) is 22.1 Å². The minimum atomic E-state index is -0.237. The van der Waals surface area contributed by atoms with E-state index >= 15 is 0 Å². The minimum absolute atomic E-state index is 0.185. The number of nitrogens with one attached hydrogen (secondary N) is 1. The first-order valence-electron chi connectivity index (χ1n) is 6.98. The van der Waals surface area contributed by atoms with Crippen LogP contribution in [0.4, 0.5) is 11.5 Å². The molecule has 1 saturated heterocycles. The molecule has 0 radical (unpaired) electrons. The van der Waals surface area contributed by atoms with E-state index in [-0.39, 0.29) is 11.9 Å². The number of nitrogens with zero attached hydrogens (tertiary/aromatic N) is 2. The third-order valence-corrected chi connectivity index (χ3v) is 3.46. The normalized spacial score (nSPS) is 19.2. The lowest BCUT2D eigenvalue weighted by Gasteiger charge is -2.35. The first-order valence-corrected chi connectivity index (χ1v) is 6.98. The van der Waals surface area contributed by atoms with Crippen molar-refractivity contribution in [3.05, 3.63) is 18.3 Å². The number of amides is 1. The predicted molar refractivity (Wildman–Crippen MR) is 77.2 cm³/mol. The third kappa shape index (κ3) is 3.36. The summed E-state index contributed by atoms with van der Waals surface area (Å²) in [6.45, 7) is 3.89. The monoisotopic (exact) mass is 262 g/mol. The molecule has 1 aromatic rings. The number of carbonyl (C=O) groups excluding carboxylic acids is 1. The molecule has 0 aliphatic carbocycles. The van der Waals surface area contributed by atoms with Gasteiger partial charge in [0.2, 0.25) is 5.91 Å². The summed E-state index contributed by atoms with van der Waals surface area (Å²) >= 11 is 0. The molecule has 1 amide bonds. The van der Waals surface area contributed by atoms with Crippen molar-refractivity contribution in [2.75, 3.05) is 23.3 Å². The average molecular weight is 262 g/mol. The Bertz CT molecular complexity index is 435. The van der Waals surface area contributed by atoms with Crippen LogP contribution in [0.5, 0.6) is 0 Å². The van der Waals surface area contributed by atoms with Crippen LogP contribution in [0.25, 0.3) is 0 Å². The number of nitrogens with two attached hydrogens (primary N) is 1. The van der Waals surface area contributed by atoms with E-state index < -0.39 is 0 Å². The summed E-state index contributed by atoms with van der Waals surface area (Å²) in [4.78, 5) is 17.9. The van der Waals surface area contributed by atoms with Gasteiger partial charge in [-0.2, -0.15) is 0 Å². The fourth-order valence-corrected chi connectivity index (χ4v) is 2.48. The van der Waals surface area contributed by atoms with Gasteiger partial charge in [0.15, 0.2) is 0 Å². The first-order chi connectivity index (χ1) is 9.22. The van der Waals surface area contributed by atoms with Crippen molar-refractivity contribution in [1.82, 2.24) is 4.98 Å². The smallest absolute Gasteiger partial charge is 0.240 e. The molecule has 5 nitrogen and oxygen atoms in total. The standard InChI is InChI=1S/C14H22N4O/c1-2-7-16-13-10-11(6-8-17-13)18-9-4-3-5-12(18)14(15)19/h6,8,10,12H,2-5,7,9H2,1H3,(H2,15,19)(H,16,17). The molecule has 3 N–H and O–H groups in total. The second-order valence-electron chi connectivity index (χ2n) is 4.93. The summed E-state index contributed by atoms with van der Waals surface area (Å²) in [7, 11) is 0. The van der Waals surface area contributed by atoms with Gasteiger partial charge in [-0.05, 0) is 31.7 Å². The second-order valence-corrected chi connectivity index (χ2v) is 4.93. The molecule has 1 aromatic heterocycles. The molecular formula is C14H22N4O. The zero-order valence-electron chi connectivity index (χ0n) is 11.4. The quantitative estimate of drug-likeness (QED) is 0.848. The van der Waals surface area contributed by atoms with Gasteiger partial charge in [0.25, 0.3) is 0 Å². The number of pyridine rings is 1. The number of rotatable bonds is 5. The number of hydrogen-bond acceptors (Lipinski definition) is 4. The predicted octanol–water partition coefficient (Wildman–Crippen LogP) is 1.75. The molecule has 0 saturated carbocycles. The van der Waals surface area contributed by atoms with E-state index in [1.807, 2.05) is 12.1 Å². The van der Waals surface area contributed by atoms with Gasteiger partial charge in [-0.25, -0.2) is 4.98 Å². The van der Waals surface area contributed by atoms with Gasteiger partial charge in [-0.15, -0.1) is 0 Å². The van der Waals surface area contributed by atoms with Crippen LogP contribution in [0, 0.1) is 0 Å². The van der Waals surface area contributed by atoms with Gasteiger partial charge in [-0.1, -0.05) is 6.92 Å². The SMILES string of the molecule is CCCNc1cc(N2CCCCC2C(N)=O)ccn1. The molecular weight excluding hydrogens is 240 g/mol. The van der Waals surface area contributed by atoms with Crippen molar-refractivity contribution in [3.8, 4) is 0 Å². The van der Waals surface area contributed by atoms with E-state index in [1.54, 1.807) is 6.20 Å². The third-order valence-electron chi connectivity index (χ3n) is 3.46. The molecule has 1 fully saturated rings. The highest BCUT2D eigenvalue weighted by Crippen LogP contribution is 2.25. The van der Waals surface area contributed by atoms with Gasteiger partial charge in [0.1, 0.15) is 11.9 Å². The number of piperidine rings is 1. The Morgan fingerprint density at radius 2 is 2.42 bits per heavy atom. The van der Waals surface area contributed by atoms with Crippen molar-refractivity contribution in [2.24, 2.45) is 5.73 Å². The van der Waals surface area contributed by atoms with E-state index in [0.29, 0.717) is 0 Å². The lowest BCUT2D eigenvalue weighted by atomic mass is 10.0. The minimum Gasteiger partial charge on any atom is -0.370 e. The lowest BCUT2D eigenvalue weighted by molar-refractivity contribution is -0.119. The molecule has 19 heavy (non-hydrogen) atoms. The van der Waals surface area contributed by atoms with E-state index in [9.17, 15) is 4.79 Å². The first kappa shape index (κ1) is 13.6. The Balaban J connectivity index is 2.16. The van der Waals surface area contributed by atoms with Crippen LogP contribution in [-0.4, -0.2) is 30.0 Å². The van der Waals surface area contributed by atoms with Crippen LogP contribution >= 0.6 is 0 Å². The van der Waals surface area contributed by atoms with Crippen LogP contribution in [0.1, 0.15) is 32.6 Å². The van der Waals surface area contributed by atoms with E-state index in [1.165, 1.54) is 0 Å². The van der Waals surface area contributed by atoms with Crippen LogP contribution < -0.4 is 16.0 Å². The van der Waals surface area contributed by atoms with Gasteiger partial charge in [0.05, 0.1) is 0 Å². The fraction of sp³-hybridized carbons (Fsp3) is 0.571. The molecule has 2 heterocycles. The fourth-order valence-electron chi connectivity index (χ4n) is 2.48. The summed E-state index contributed by atoms with van der Waals surface area (Å²) in [5.74, 6) is 0.618. The molecule has 5 heteroatoms. The summed E-state index contributed by atoms with van der Waals surface area (Å²) in [6.07, 6.45) is 5.84. The van der Waals surface area contributed by atoms with Crippen molar-refractivity contribution in [1.29, 1.82) is 0 Å². The highest BCUT2D eigenvalue weighted by molar-refractivity contribution is 5.84. The maximum absolute atomic E-state index is 11.5. The number of hydrogen-bond donors (Lipinski definition) is 2. The number of carbonyl (C=O) groups is 1. The molecule has 1 atom stereocenters. The summed E-state index contributed by atoms with van der Waals surface area (Å²) < 4.78 is 0. The molecule has 1 aliphatic rings. The van der Waals surface area contributed by atoms with Gasteiger partial charge < -0.3 is 16.0 Å². The Hall–Kier alpha value is -1.78. The summed E-state index contributed by atoms with van der Waals surface area (Å²) in [6, 6.07) is 3.75. The Labute approximate surface area is 114 Å². The molecule has 0 bridgehead atoms. The topological polar surface area (TPSA) is 71.2 Å². The van der Waals surface area contributed by atoms with Gasteiger partial charge in [-0.3, -0.25) is 4.79 Å². The largest absolute Gasteiger partial charge is 0.370 e. The van der Waals surface area contributed by atoms with Crippen molar-refractivity contribution < 1.29 is 4.79 Å². The number of anilines is 2. The van der Waals surface area contributed by atoms with E-state index in [0.717, 1.165) is 50.3 Å². The maximum atomic E-state index is 11.5. The van der Waals surface area contributed by atoms with E-state index in [4.69, 9.17) is 5.73 Å². The summed E-state index contributed by atoms with van der Waals surface area (Å²) in [5, 5.41) is 3.26. The Kier molecular flexibility index (Phi) is 4.60. The van der Waals surface area contributed by atoms with Gasteiger partial charge >= 0.3 is 0 Å². The Morgan fingerprint density at radius 3 is 3.16 bits per heavy atom. The lowest BCUT2D eigenvalue weighted by Crippen LogP contribution is -2.47. The highest BCUT2D eigenvalue weighted by Gasteiger charge is 2.27. The van der Waals surface area contributed by atoms with Crippen molar-refractivity contribution in [3.63, 3.8) is 0 Å². The van der Waals surface area contributed by atoms with Crippen LogP contribution in [0.3, 0.4) is 0 Å². The summed E-state index contributed by atoms with van der Waals surface area (Å²) in [5.41, 5.74) is 6.53. The molecule has 0 aromatic carbocycles. The van der Waals surface area contributed by atoms with Crippen molar-refractivity contribution >= 4 is 17.4 Å². The molecule has 1 unspecified atom stereocenters. The molecule has 2 rings (SSSR count). The average Bonchev–Trinajstić information content (AvgIpc) is 2.45. The van der Waals surface area contributed by atoms with Gasteiger partial charge in [0, 0.05) is 31.0 Å². The van der Waals surface area contributed by atoms with Crippen LogP contribution in [0.15, 0.2) is 18.3 Å². The zero-order chi connectivity index (χ0) is 13.7. The zero-order valence-corrected chi connectivity index (χ0v) is 11.4. The van der Waals surface area contributed by atoms with Crippen LogP contribution in [0.2, 0.25) is 0 Å². The van der Waals surface area contributed by atoms with Crippen LogP contribution in [-0.2, 0) is 4.79 Å². The molecule has 104 valence electrons. The number of primary amides is 1. The highest BCUT2D eigenvalue weighted by atomic mass is 16.1. The Morgan fingerprint density at radius 1 is 1.58 bits per heavy atom. The van der Waals surface area contributed by atoms with Crippen molar-refractivity contribution in [2.45, 2.75) is 38.6 Å². The maximum Gasteiger partial charge on any atom is 0.240 e. The molecule has 0 spiro atoms. The second kappa shape index (κ2) is 6.41. The number of aromatic nitrogens is 1.